The predicted molar refractivity (Wildman–Crippen MR) is 90.6 cm³/mol. The van der Waals surface area contributed by atoms with Crippen LogP contribution < -0.4 is 5.32 Å². The standard InChI is InChI=1S/C14H17N3O2S3/c18-12(6-5-10-3-1-7-19-10)15-13-16-17-14(22-13)21-9-11-4-2-8-20-11/h2,4,8,10H,1,3,5-7,9H2,(H,15,16,18)/t10-/m0/s1. The van der Waals surface area contributed by atoms with Gasteiger partial charge in [0.05, 0.1) is 6.10 Å². The molecule has 118 valence electrons. The van der Waals surface area contributed by atoms with Gasteiger partial charge < -0.3 is 10.1 Å². The second kappa shape index (κ2) is 8.05. The number of nitrogens with zero attached hydrogens (tertiary/aromatic N) is 2. The van der Waals surface area contributed by atoms with Gasteiger partial charge in [-0.2, -0.15) is 0 Å². The number of anilines is 1. The molecule has 0 unspecified atom stereocenters. The van der Waals surface area contributed by atoms with E-state index in [0.717, 1.165) is 36.0 Å². The van der Waals surface area contributed by atoms with E-state index in [9.17, 15) is 4.79 Å². The summed E-state index contributed by atoms with van der Waals surface area (Å²) < 4.78 is 6.39. The number of carbonyl (C=O) groups is 1. The maximum Gasteiger partial charge on any atom is 0.226 e. The van der Waals surface area contributed by atoms with E-state index in [1.165, 1.54) is 16.2 Å². The molecule has 0 aliphatic carbocycles. The van der Waals surface area contributed by atoms with Gasteiger partial charge in [0.15, 0.2) is 4.34 Å². The fourth-order valence-corrected chi connectivity index (χ4v) is 4.73. The highest BCUT2D eigenvalue weighted by Crippen LogP contribution is 2.29. The Morgan fingerprint density at radius 2 is 2.45 bits per heavy atom. The molecule has 2 aromatic rings. The molecule has 3 heterocycles. The van der Waals surface area contributed by atoms with Crippen molar-refractivity contribution in [3.63, 3.8) is 0 Å². The number of nitrogens with one attached hydrogen (secondary N) is 1. The number of hydrogen-bond donors (Lipinski definition) is 1. The zero-order chi connectivity index (χ0) is 15.2. The minimum absolute atomic E-state index is 0.0125. The minimum Gasteiger partial charge on any atom is -0.378 e. The van der Waals surface area contributed by atoms with Crippen molar-refractivity contribution in [1.29, 1.82) is 0 Å². The zero-order valence-corrected chi connectivity index (χ0v) is 14.4. The molecule has 1 N–H and O–H groups in total. The predicted octanol–water partition coefficient (Wildman–Crippen LogP) is 3.79. The quantitative estimate of drug-likeness (QED) is 0.605. The van der Waals surface area contributed by atoms with E-state index in [0.29, 0.717) is 11.6 Å². The molecule has 0 radical (unpaired) electrons. The smallest absolute Gasteiger partial charge is 0.226 e. The lowest BCUT2D eigenvalue weighted by atomic mass is 10.1. The Morgan fingerprint density at radius 1 is 1.50 bits per heavy atom. The van der Waals surface area contributed by atoms with Crippen molar-refractivity contribution in [3.8, 4) is 0 Å². The van der Waals surface area contributed by atoms with Crippen molar-refractivity contribution in [2.75, 3.05) is 11.9 Å². The Bertz CT molecular complexity index is 594. The molecular weight excluding hydrogens is 338 g/mol. The molecule has 1 fully saturated rings. The van der Waals surface area contributed by atoms with Gasteiger partial charge in [-0.05, 0) is 30.7 Å². The van der Waals surface area contributed by atoms with Gasteiger partial charge in [0.2, 0.25) is 11.0 Å². The summed E-state index contributed by atoms with van der Waals surface area (Å²) in [7, 11) is 0. The summed E-state index contributed by atoms with van der Waals surface area (Å²) >= 11 is 4.80. The van der Waals surface area contributed by atoms with Crippen molar-refractivity contribution >= 4 is 45.5 Å². The number of thioether (sulfide) groups is 1. The molecule has 22 heavy (non-hydrogen) atoms. The van der Waals surface area contributed by atoms with Gasteiger partial charge in [-0.25, -0.2) is 0 Å². The van der Waals surface area contributed by atoms with Crippen LogP contribution in [0.2, 0.25) is 0 Å². The molecule has 1 amide bonds. The summed E-state index contributed by atoms with van der Waals surface area (Å²) in [6, 6.07) is 4.15. The van der Waals surface area contributed by atoms with Crippen molar-refractivity contribution in [2.45, 2.75) is 41.9 Å². The summed E-state index contributed by atoms with van der Waals surface area (Å²) in [5, 5.41) is 13.6. The van der Waals surface area contributed by atoms with Crippen molar-refractivity contribution in [3.05, 3.63) is 22.4 Å². The minimum atomic E-state index is -0.0125. The molecule has 1 aliphatic heterocycles. The summed E-state index contributed by atoms with van der Waals surface area (Å²) in [5.74, 6) is 0.876. The summed E-state index contributed by atoms with van der Waals surface area (Å²) in [6.45, 7) is 0.827. The van der Waals surface area contributed by atoms with Gasteiger partial charge in [0.25, 0.3) is 0 Å². The van der Waals surface area contributed by atoms with Crippen molar-refractivity contribution in [1.82, 2.24) is 10.2 Å². The summed E-state index contributed by atoms with van der Waals surface area (Å²) in [4.78, 5) is 13.2. The van der Waals surface area contributed by atoms with Crippen LogP contribution in [0.15, 0.2) is 21.9 Å². The first-order chi connectivity index (χ1) is 10.8. The number of rotatable bonds is 7. The molecule has 3 rings (SSSR count). The maximum absolute atomic E-state index is 11.9. The van der Waals surface area contributed by atoms with Crippen LogP contribution in [0.25, 0.3) is 0 Å². The Hall–Kier alpha value is -0.960. The SMILES string of the molecule is O=C(CC[C@@H]1CCCO1)Nc1nnc(SCc2cccs2)s1. The average molecular weight is 356 g/mol. The fraction of sp³-hybridized carbons (Fsp3) is 0.500. The fourth-order valence-electron chi connectivity index (χ4n) is 2.19. The van der Waals surface area contributed by atoms with E-state index in [1.54, 1.807) is 23.1 Å². The zero-order valence-electron chi connectivity index (χ0n) is 12.0. The highest BCUT2D eigenvalue weighted by atomic mass is 32.2. The van der Waals surface area contributed by atoms with E-state index in [-0.39, 0.29) is 12.0 Å². The van der Waals surface area contributed by atoms with E-state index in [2.05, 4.69) is 27.0 Å². The average Bonchev–Trinajstić information content (AvgIpc) is 3.25. The molecule has 5 nitrogen and oxygen atoms in total. The molecule has 0 bridgehead atoms. The summed E-state index contributed by atoms with van der Waals surface area (Å²) in [5.41, 5.74) is 0. The van der Waals surface area contributed by atoms with Gasteiger partial charge in [0, 0.05) is 23.7 Å². The molecule has 2 aromatic heterocycles. The Labute approximate surface area is 141 Å². The lowest BCUT2D eigenvalue weighted by Gasteiger charge is -2.07. The second-order valence-corrected chi connectivity index (χ2v) is 8.20. The van der Waals surface area contributed by atoms with E-state index in [4.69, 9.17) is 4.74 Å². The number of aromatic nitrogens is 2. The Balaban J connectivity index is 1.41. The van der Waals surface area contributed by atoms with Crippen LogP contribution in [0.4, 0.5) is 5.13 Å². The van der Waals surface area contributed by atoms with Crippen LogP contribution in [0.5, 0.6) is 0 Å². The highest BCUT2D eigenvalue weighted by Gasteiger charge is 2.17. The Morgan fingerprint density at radius 3 is 3.23 bits per heavy atom. The molecule has 1 atom stereocenters. The van der Waals surface area contributed by atoms with Gasteiger partial charge in [0.1, 0.15) is 0 Å². The summed E-state index contributed by atoms with van der Waals surface area (Å²) in [6.07, 6.45) is 3.67. The molecule has 1 saturated heterocycles. The van der Waals surface area contributed by atoms with Crippen LogP contribution >= 0.6 is 34.4 Å². The van der Waals surface area contributed by atoms with E-state index < -0.39 is 0 Å². The second-order valence-electron chi connectivity index (χ2n) is 4.96. The van der Waals surface area contributed by atoms with Crippen LogP contribution in [0.3, 0.4) is 0 Å². The first-order valence-electron chi connectivity index (χ1n) is 7.20. The first kappa shape index (κ1) is 15.9. The third-order valence-corrected chi connectivity index (χ3v) is 6.37. The van der Waals surface area contributed by atoms with Crippen LogP contribution in [-0.2, 0) is 15.3 Å². The van der Waals surface area contributed by atoms with Gasteiger partial charge in [-0.1, -0.05) is 29.2 Å². The molecule has 0 saturated carbocycles. The van der Waals surface area contributed by atoms with Crippen molar-refractivity contribution in [2.24, 2.45) is 0 Å². The van der Waals surface area contributed by atoms with Crippen LogP contribution in [0, 0.1) is 0 Å². The molecule has 1 aliphatic rings. The molecule has 0 aromatic carbocycles. The number of amides is 1. The highest BCUT2D eigenvalue weighted by molar-refractivity contribution is 8.00. The third-order valence-electron chi connectivity index (χ3n) is 3.29. The lowest BCUT2D eigenvalue weighted by molar-refractivity contribution is -0.116. The van der Waals surface area contributed by atoms with Crippen molar-refractivity contribution < 1.29 is 9.53 Å². The monoisotopic (exact) mass is 355 g/mol. The first-order valence-corrected chi connectivity index (χ1v) is 9.88. The van der Waals surface area contributed by atoms with Gasteiger partial charge in [-0.3, -0.25) is 4.79 Å². The van der Waals surface area contributed by atoms with Crippen LogP contribution in [0.1, 0.15) is 30.6 Å². The Kier molecular flexibility index (Phi) is 5.82. The van der Waals surface area contributed by atoms with E-state index in [1.807, 2.05) is 6.07 Å². The van der Waals surface area contributed by atoms with Gasteiger partial charge >= 0.3 is 0 Å². The number of thiophene rings is 1. The molecular formula is C14H17N3O2S3. The number of carbonyl (C=O) groups excluding carboxylic acids is 1. The van der Waals surface area contributed by atoms with E-state index >= 15 is 0 Å². The molecule has 8 heteroatoms. The number of ether oxygens (including phenoxy) is 1. The molecule has 0 spiro atoms. The largest absolute Gasteiger partial charge is 0.378 e. The van der Waals surface area contributed by atoms with Gasteiger partial charge in [-0.15, -0.1) is 21.5 Å². The van der Waals surface area contributed by atoms with Crippen LogP contribution in [-0.4, -0.2) is 28.8 Å². The lowest BCUT2D eigenvalue weighted by Crippen LogP contribution is -2.15. The number of hydrogen-bond acceptors (Lipinski definition) is 7. The maximum atomic E-state index is 11.9. The third kappa shape index (κ3) is 4.77. The normalized spacial score (nSPS) is 17.7. The topological polar surface area (TPSA) is 64.1 Å².